The van der Waals surface area contributed by atoms with E-state index in [1.165, 1.54) is 0 Å². The molecule has 3 heteroatoms. The normalized spacial score (nSPS) is 12.0. The molecule has 1 aromatic carbocycles. The van der Waals surface area contributed by atoms with Crippen molar-refractivity contribution in [2.75, 3.05) is 6.54 Å². The van der Waals surface area contributed by atoms with Gasteiger partial charge in [0.25, 0.3) is 0 Å². The van der Waals surface area contributed by atoms with Crippen LogP contribution in [-0.2, 0) is 0 Å². The first kappa shape index (κ1) is 12.4. The molecule has 0 aliphatic heterocycles. The second-order valence-electron chi connectivity index (χ2n) is 4.07. The van der Waals surface area contributed by atoms with Gasteiger partial charge in [0.2, 0.25) is 0 Å². The molecule has 1 atom stereocenters. The van der Waals surface area contributed by atoms with E-state index < -0.39 is 0 Å². The number of hydrogen-bond donors (Lipinski definition) is 1. The maximum Gasteiger partial charge on any atom is 0.0645 e. The number of hydrogen-bond acceptors (Lipinski definition) is 2. The van der Waals surface area contributed by atoms with Crippen LogP contribution in [0.25, 0.3) is 5.69 Å². The predicted octanol–water partition coefficient (Wildman–Crippen LogP) is 2.55. The van der Waals surface area contributed by atoms with Gasteiger partial charge in [-0.3, -0.25) is 0 Å². The number of nitrogens with one attached hydrogen (secondary N) is 1. The zero-order valence-electron chi connectivity index (χ0n) is 10.5. The summed E-state index contributed by atoms with van der Waals surface area (Å²) in [4.78, 5) is 0. The van der Waals surface area contributed by atoms with Crippen LogP contribution in [0.2, 0.25) is 0 Å². The monoisotopic (exact) mass is 239 g/mol. The number of benzene rings is 1. The maximum atomic E-state index is 5.40. The SMILES string of the molecule is C#CCC(NCC)c1cnn(-c2ccccc2)c1. The molecule has 1 N–H and O–H groups in total. The molecule has 3 nitrogen and oxygen atoms in total. The van der Waals surface area contributed by atoms with Crippen LogP contribution < -0.4 is 5.32 Å². The van der Waals surface area contributed by atoms with Crippen LogP contribution in [-0.4, -0.2) is 16.3 Å². The van der Waals surface area contributed by atoms with Crippen molar-refractivity contribution < 1.29 is 0 Å². The Kier molecular flexibility index (Phi) is 4.16. The molecule has 0 aliphatic rings. The molecule has 1 aromatic heterocycles. The van der Waals surface area contributed by atoms with Crippen LogP contribution in [0.4, 0.5) is 0 Å². The van der Waals surface area contributed by atoms with Crippen molar-refractivity contribution in [2.24, 2.45) is 0 Å². The van der Waals surface area contributed by atoms with Gasteiger partial charge < -0.3 is 5.32 Å². The molecule has 0 aliphatic carbocycles. The molecule has 0 amide bonds. The van der Waals surface area contributed by atoms with Crippen LogP contribution in [0.1, 0.15) is 24.9 Å². The Balaban J connectivity index is 2.22. The fourth-order valence-corrected chi connectivity index (χ4v) is 1.91. The van der Waals surface area contributed by atoms with Gasteiger partial charge in [-0.1, -0.05) is 25.1 Å². The Labute approximate surface area is 108 Å². The van der Waals surface area contributed by atoms with Crippen LogP contribution in [0.15, 0.2) is 42.7 Å². The largest absolute Gasteiger partial charge is 0.309 e. The van der Waals surface area contributed by atoms with E-state index in [9.17, 15) is 0 Å². The summed E-state index contributed by atoms with van der Waals surface area (Å²) < 4.78 is 1.87. The van der Waals surface area contributed by atoms with Crippen molar-refractivity contribution in [1.29, 1.82) is 0 Å². The van der Waals surface area contributed by atoms with Gasteiger partial charge in [0, 0.05) is 24.2 Å². The zero-order chi connectivity index (χ0) is 12.8. The first-order valence-corrected chi connectivity index (χ1v) is 6.12. The van der Waals surface area contributed by atoms with E-state index in [4.69, 9.17) is 6.42 Å². The standard InChI is InChI=1S/C15H17N3/c1-3-8-15(16-4-2)13-11-17-18(12-13)14-9-6-5-7-10-14/h1,5-7,9-12,15-16H,4,8H2,2H3. The number of nitrogens with zero attached hydrogens (tertiary/aromatic N) is 2. The van der Waals surface area contributed by atoms with E-state index in [2.05, 4.69) is 23.3 Å². The van der Waals surface area contributed by atoms with Crippen molar-refractivity contribution in [2.45, 2.75) is 19.4 Å². The molecular formula is C15H17N3. The maximum absolute atomic E-state index is 5.40. The molecule has 0 fully saturated rings. The molecule has 0 saturated heterocycles. The number of para-hydroxylation sites is 1. The fraction of sp³-hybridized carbons (Fsp3) is 0.267. The van der Waals surface area contributed by atoms with Crippen LogP contribution >= 0.6 is 0 Å². The highest BCUT2D eigenvalue weighted by Gasteiger charge is 2.11. The number of aromatic nitrogens is 2. The summed E-state index contributed by atoms with van der Waals surface area (Å²) >= 11 is 0. The lowest BCUT2D eigenvalue weighted by Crippen LogP contribution is -2.19. The molecular weight excluding hydrogens is 222 g/mol. The lowest BCUT2D eigenvalue weighted by molar-refractivity contribution is 0.565. The third-order valence-corrected chi connectivity index (χ3v) is 2.80. The van der Waals surface area contributed by atoms with Gasteiger partial charge in [-0.15, -0.1) is 12.3 Å². The van der Waals surface area contributed by atoms with Gasteiger partial charge in [-0.05, 0) is 18.7 Å². The Hall–Kier alpha value is -2.05. The fourth-order valence-electron chi connectivity index (χ4n) is 1.91. The van der Waals surface area contributed by atoms with Gasteiger partial charge in [0.05, 0.1) is 11.9 Å². The van der Waals surface area contributed by atoms with Gasteiger partial charge in [0.15, 0.2) is 0 Å². The van der Waals surface area contributed by atoms with Crippen molar-refractivity contribution in [3.8, 4) is 18.0 Å². The van der Waals surface area contributed by atoms with Crippen LogP contribution in [0, 0.1) is 12.3 Å². The Morgan fingerprint density at radius 2 is 2.17 bits per heavy atom. The summed E-state index contributed by atoms with van der Waals surface area (Å²) in [5.74, 6) is 2.70. The topological polar surface area (TPSA) is 29.9 Å². The molecule has 0 radical (unpaired) electrons. The van der Waals surface area contributed by atoms with Gasteiger partial charge in [-0.25, -0.2) is 4.68 Å². The Bertz CT molecular complexity index is 522. The number of terminal acetylenes is 1. The average Bonchev–Trinajstić information content (AvgIpc) is 2.89. The zero-order valence-corrected chi connectivity index (χ0v) is 10.5. The molecule has 0 saturated carbocycles. The van der Waals surface area contributed by atoms with E-state index in [0.29, 0.717) is 6.42 Å². The summed E-state index contributed by atoms with van der Waals surface area (Å²) in [5.41, 5.74) is 2.18. The van der Waals surface area contributed by atoms with E-state index in [-0.39, 0.29) is 6.04 Å². The summed E-state index contributed by atoms with van der Waals surface area (Å²) in [7, 11) is 0. The second kappa shape index (κ2) is 6.04. The van der Waals surface area contributed by atoms with Crippen molar-refractivity contribution in [3.63, 3.8) is 0 Å². The minimum atomic E-state index is 0.178. The highest BCUT2D eigenvalue weighted by molar-refractivity contribution is 5.31. The van der Waals surface area contributed by atoms with E-state index in [1.54, 1.807) is 0 Å². The van der Waals surface area contributed by atoms with E-state index in [0.717, 1.165) is 17.8 Å². The van der Waals surface area contributed by atoms with Crippen molar-refractivity contribution >= 4 is 0 Å². The first-order valence-electron chi connectivity index (χ1n) is 6.12. The summed E-state index contributed by atoms with van der Waals surface area (Å²) in [6.45, 7) is 2.97. The Morgan fingerprint density at radius 1 is 1.39 bits per heavy atom. The van der Waals surface area contributed by atoms with Crippen LogP contribution in [0.3, 0.4) is 0 Å². The highest BCUT2D eigenvalue weighted by Crippen LogP contribution is 2.17. The second-order valence-corrected chi connectivity index (χ2v) is 4.07. The molecule has 2 rings (SSSR count). The third kappa shape index (κ3) is 2.79. The molecule has 92 valence electrons. The molecule has 0 spiro atoms. The summed E-state index contributed by atoms with van der Waals surface area (Å²) in [6, 6.07) is 10.2. The van der Waals surface area contributed by atoms with Crippen molar-refractivity contribution in [3.05, 3.63) is 48.3 Å². The molecule has 18 heavy (non-hydrogen) atoms. The van der Waals surface area contributed by atoms with Gasteiger partial charge >= 0.3 is 0 Å². The predicted molar refractivity (Wildman–Crippen MR) is 73.4 cm³/mol. The summed E-state index contributed by atoms with van der Waals surface area (Å²) in [6.07, 6.45) is 9.97. The van der Waals surface area contributed by atoms with Crippen LogP contribution in [0.5, 0.6) is 0 Å². The molecule has 1 unspecified atom stereocenters. The highest BCUT2D eigenvalue weighted by atomic mass is 15.3. The quantitative estimate of drug-likeness (QED) is 0.813. The minimum Gasteiger partial charge on any atom is -0.309 e. The minimum absolute atomic E-state index is 0.178. The smallest absolute Gasteiger partial charge is 0.0645 e. The molecule has 2 aromatic rings. The van der Waals surface area contributed by atoms with Gasteiger partial charge in [0.1, 0.15) is 0 Å². The average molecular weight is 239 g/mol. The van der Waals surface area contributed by atoms with Crippen molar-refractivity contribution in [1.82, 2.24) is 15.1 Å². The van der Waals surface area contributed by atoms with E-state index >= 15 is 0 Å². The number of rotatable bonds is 5. The third-order valence-electron chi connectivity index (χ3n) is 2.80. The van der Waals surface area contributed by atoms with E-state index in [1.807, 2.05) is 47.4 Å². The first-order chi connectivity index (χ1) is 8.85. The molecule has 1 heterocycles. The lowest BCUT2D eigenvalue weighted by Gasteiger charge is -2.12. The lowest BCUT2D eigenvalue weighted by atomic mass is 10.1. The molecule has 0 bridgehead atoms. The van der Waals surface area contributed by atoms with Gasteiger partial charge in [-0.2, -0.15) is 5.10 Å². The summed E-state index contributed by atoms with van der Waals surface area (Å²) in [5, 5.41) is 7.75. The Morgan fingerprint density at radius 3 is 2.83 bits per heavy atom.